The molecule has 3 heterocycles. The monoisotopic (exact) mass is 349 g/mol. The number of aryl methyl sites for hydroxylation is 2. The van der Waals surface area contributed by atoms with Crippen molar-refractivity contribution in [3.05, 3.63) is 34.6 Å². The normalized spacial score (nSPS) is 20.7. The highest BCUT2D eigenvalue weighted by Crippen LogP contribution is 2.40. The van der Waals surface area contributed by atoms with Crippen molar-refractivity contribution in [2.45, 2.75) is 63.2 Å². The number of anilines is 1. The summed E-state index contributed by atoms with van der Waals surface area (Å²) < 4.78 is 5.42. The van der Waals surface area contributed by atoms with Crippen LogP contribution in [0.1, 0.15) is 78.9 Å². The van der Waals surface area contributed by atoms with E-state index in [0.29, 0.717) is 11.8 Å². The number of aromatic nitrogens is 3. The summed E-state index contributed by atoms with van der Waals surface area (Å²) in [5.74, 6) is 3.43. The van der Waals surface area contributed by atoms with Crippen molar-refractivity contribution < 1.29 is 4.52 Å². The van der Waals surface area contributed by atoms with Crippen LogP contribution in [0.4, 0.5) is 5.82 Å². The summed E-state index contributed by atoms with van der Waals surface area (Å²) in [6.45, 7) is 1.77. The van der Waals surface area contributed by atoms with Crippen molar-refractivity contribution in [1.29, 1.82) is 5.26 Å². The van der Waals surface area contributed by atoms with Gasteiger partial charge in [-0.3, -0.25) is 0 Å². The Labute approximate surface area is 153 Å². The molecule has 0 N–H and O–H groups in total. The number of nitriles is 1. The lowest BCUT2D eigenvalue weighted by Gasteiger charge is -2.32. The lowest BCUT2D eigenvalue weighted by atomic mass is 9.93. The SMILES string of the molecule is N#Cc1cc2c(nc1N1CCC(c3noc(C4CC4)n3)CC1)CCCC2. The topological polar surface area (TPSA) is 78.8 Å². The van der Waals surface area contributed by atoms with E-state index in [1.165, 1.54) is 36.9 Å². The van der Waals surface area contributed by atoms with Crippen molar-refractivity contribution in [2.24, 2.45) is 0 Å². The first-order chi connectivity index (χ1) is 12.8. The molecule has 0 atom stereocenters. The van der Waals surface area contributed by atoms with Gasteiger partial charge >= 0.3 is 0 Å². The van der Waals surface area contributed by atoms with Gasteiger partial charge in [0.25, 0.3) is 0 Å². The number of pyridine rings is 1. The van der Waals surface area contributed by atoms with E-state index in [0.717, 1.165) is 61.9 Å². The molecule has 26 heavy (non-hydrogen) atoms. The highest BCUT2D eigenvalue weighted by Gasteiger charge is 2.32. The van der Waals surface area contributed by atoms with E-state index in [-0.39, 0.29) is 0 Å². The van der Waals surface area contributed by atoms with E-state index in [1.54, 1.807) is 0 Å². The van der Waals surface area contributed by atoms with Gasteiger partial charge in [-0.2, -0.15) is 10.2 Å². The van der Waals surface area contributed by atoms with Gasteiger partial charge in [-0.1, -0.05) is 5.16 Å². The Morgan fingerprint density at radius 1 is 1.04 bits per heavy atom. The molecular formula is C20H23N5O. The molecule has 0 bridgehead atoms. The predicted octanol–water partition coefficient (Wildman–Crippen LogP) is 3.48. The molecule has 0 unspecified atom stereocenters. The third kappa shape index (κ3) is 2.86. The minimum atomic E-state index is 0.352. The summed E-state index contributed by atoms with van der Waals surface area (Å²) in [6.07, 6.45) is 8.83. The van der Waals surface area contributed by atoms with Crippen molar-refractivity contribution in [3.8, 4) is 6.07 Å². The van der Waals surface area contributed by atoms with Gasteiger partial charge in [-0.05, 0) is 63.0 Å². The lowest BCUT2D eigenvalue weighted by molar-refractivity contribution is 0.364. The van der Waals surface area contributed by atoms with E-state index >= 15 is 0 Å². The molecule has 6 nitrogen and oxygen atoms in total. The van der Waals surface area contributed by atoms with Gasteiger partial charge in [0.05, 0.1) is 5.56 Å². The molecule has 0 aromatic carbocycles. The Kier molecular flexibility index (Phi) is 3.88. The van der Waals surface area contributed by atoms with Crippen LogP contribution in [0.5, 0.6) is 0 Å². The predicted molar refractivity (Wildman–Crippen MR) is 96.1 cm³/mol. The van der Waals surface area contributed by atoms with Crippen LogP contribution in [-0.2, 0) is 12.8 Å². The fourth-order valence-electron chi connectivity index (χ4n) is 4.20. The Morgan fingerprint density at radius 3 is 2.62 bits per heavy atom. The second kappa shape index (κ2) is 6.39. The van der Waals surface area contributed by atoms with Gasteiger partial charge in [-0.25, -0.2) is 4.98 Å². The number of rotatable bonds is 3. The average molecular weight is 349 g/mol. The van der Waals surface area contributed by atoms with Crippen molar-refractivity contribution in [3.63, 3.8) is 0 Å². The molecule has 2 fully saturated rings. The first-order valence-corrected chi connectivity index (χ1v) is 9.83. The third-order valence-corrected chi connectivity index (χ3v) is 5.94. The zero-order chi connectivity index (χ0) is 17.5. The molecule has 0 spiro atoms. The minimum absolute atomic E-state index is 0.352. The Hall–Kier alpha value is -2.42. The Morgan fingerprint density at radius 2 is 1.85 bits per heavy atom. The number of hydrogen-bond donors (Lipinski definition) is 0. The first-order valence-electron chi connectivity index (χ1n) is 9.83. The fourth-order valence-corrected chi connectivity index (χ4v) is 4.20. The lowest BCUT2D eigenvalue weighted by Crippen LogP contribution is -2.34. The highest BCUT2D eigenvalue weighted by atomic mass is 16.5. The summed E-state index contributed by atoms with van der Waals surface area (Å²) in [5, 5.41) is 13.8. The molecule has 1 aliphatic heterocycles. The molecule has 1 saturated carbocycles. The molecule has 2 aliphatic carbocycles. The molecule has 0 amide bonds. The summed E-state index contributed by atoms with van der Waals surface area (Å²) >= 11 is 0. The third-order valence-electron chi connectivity index (χ3n) is 5.94. The van der Waals surface area contributed by atoms with Crippen molar-refractivity contribution >= 4 is 5.82 Å². The smallest absolute Gasteiger partial charge is 0.229 e. The number of fused-ring (bicyclic) bond motifs is 1. The maximum atomic E-state index is 9.59. The Balaban J connectivity index is 1.32. The van der Waals surface area contributed by atoms with E-state index in [2.05, 4.69) is 27.2 Å². The maximum absolute atomic E-state index is 9.59. The Bertz CT molecular complexity index is 856. The van der Waals surface area contributed by atoms with Gasteiger partial charge in [-0.15, -0.1) is 0 Å². The minimum Gasteiger partial charge on any atom is -0.355 e. The fraction of sp³-hybridized carbons (Fsp3) is 0.600. The molecule has 0 radical (unpaired) electrons. The van der Waals surface area contributed by atoms with Crippen molar-refractivity contribution in [1.82, 2.24) is 15.1 Å². The van der Waals surface area contributed by atoms with Gasteiger partial charge in [0.2, 0.25) is 5.89 Å². The first kappa shape index (κ1) is 15.8. The van der Waals surface area contributed by atoms with Crippen LogP contribution in [0.15, 0.2) is 10.6 Å². The standard InChI is InChI=1S/C20H23N5O/c21-12-16-11-15-3-1-2-4-17(15)22-19(16)25-9-7-13(8-10-25)18-23-20(26-24-18)14-5-6-14/h11,13-14H,1-10H2. The van der Waals surface area contributed by atoms with Crippen LogP contribution in [0.2, 0.25) is 0 Å². The largest absolute Gasteiger partial charge is 0.355 e. The second-order valence-corrected chi connectivity index (χ2v) is 7.81. The molecule has 1 saturated heterocycles. The van der Waals surface area contributed by atoms with Gasteiger partial charge in [0.15, 0.2) is 5.82 Å². The molecule has 2 aromatic heterocycles. The van der Waals surface area contributed by atoms with E-state index in [9.17, 15) is 5.26 Å². The van der Waals surface area contributed by atoms with Crippen LogP contribution in [0.3, 0.4) is 0 Å². The average Bonchev–Trinajstić information content (AvgIpc) is 3.44. The molecule has 2 aromatic rings. The summed E-state index contributed by atoms with van der Waals surface area (Å²) in [5.41, 5.74) is 3.19. The number of hydrogen-bond acceptors (Lipinski definition) is 6. The van der Waals surface area contributed by atoms with Crippen LogP contribution in [-0.4, -0.2) is 28.2 Å². The number of nitrogens with zero attached hydrogens (tertiary/aromatic N) is 5. The number of piperidine rings is 1. The highest BCUT2D eigenvalue weighted by molar-refractivity contribution is 5.56. The van der Waals surface area contributed by atoms with E-state index in [1.807, 2.05) is 0 Å². The van der Waals surface area contributed by atoms with E-state index in [4.69, 9.17) is 9.51 Å². The van der Waals surface area contributed by atoms with Crippen LogP contribution in [0.25, 0.3) is 0 Å². The molecular weight excluding hydrogens is 326 g/mol. The summed E-state index contributed by atoms with van der Waals surface area (Å²) in [7, 11) is 0. The molecule has 3 aliphatic rings. The van der Waals surface area contributed by atoms with Gasteiger partial charge in [0.1, 0.15) is 11.9 Å². The zero-order valence-electron chi connectivity index (χ0n) is 14.9. The van der Waals surface area contributed by atoms with Gasteiger partial charge < -0.3 is 9.42 Å². The summed E-state index contributed by atoms with van der Waals surface area (Å²) in [4.78, 5) is 11.8. The van der Waals surface area contributed by atoms with Crippen LogP contribution >= 0.6 is 0 Å². The quantitative estimate of drug-likeness (QED) is 0.844. The van der Waals surface area contributed by atoms with Crippen LogP contribution < -0.4 is 4.90 Å². The van der Waals surface area contributed by atoms with E-state index < -0.39 is 0 Å². The molecule has 5 rings (SSSR count). The molecule has 134 valence electrons. The van der Waals surface area contributed by atoms with Gasteiger partial charge in [0, 0.05) is 30.6 Å². The molecule has 6 heteroatoms. The summed E-state index contributed by atoms with van der Waals surface area (Å²) in [6, 6.07) is 4.44. The maximum Gasteiger partial charge on any atom is 0.229 e. The zero-order valence-corrected chi connectivity index (χ0v) is 14.9. The van der Waals surface area contributed by atoms with Crippen LogP contribution in [0, 0.1) is 11.3 Å². The van der Waals surface area contributed by atoms with Crippen molar-refractivity contribution in [2.75, 3.05) is 18.0 Å². The second-order valence-electron chi connectivity index (χ2n) is 7.81.